The zero-order chi connectivity index (χ0) is 24.5. The summed E-state index contributed by atoms with van der Waals surface area (Å²) < 4.78 is 3.49. The van der Waals surface area contributed by atoms with Gasteiger partial charge in [-0.25, -0.2) is 9.67 Å². The summed E-state index contributed by atoms with van der Waals surface area (Å²) in [6, 6.07) is 19.8. The van der Waals surface area contributed by atoms with Crippen LogP contribution >= 0.6 is 11.6 Å². The van der Waals surface area contributed by atoms with Gasteiger partial charge in [0.25, 0.3) is 0 Å². The third kappa shape index (κ3) is 4.81. The molecule has 0 radical (unpaired) electrons. The Kier molecular flexibility index (Phi) is 6.09. The molecule has 8 heteroatoms. The Hall–Kier alpha value is -3.97. The van der Waals surface area contributed by atoms with Gasteiger partial charge in [0.05, 0.1) is 12.2 Å². The van der Waals surface area contributed by atoms with E-state index in [-0.39, 0.29) is 12.5 Å². The number of benzene rings is 2. The minimum atomic E-state index is -0.218. The summed E-state index contributed by atoms with van der Waals surface area (Å²) >= 11 is 6.10. The van der Waals surface area contributed by atoms with Crippen LogP contribution in [0.15, 0.2) is 66.9 Å². The van der Waals surface area contributed by atoms with Crippen molar-refractivity contribution in [2.45, 2.75) is 33.9 Å². The lowest BCUT2D eigenvalue weighted by Crippen LogP contribution is -2.20. The molecule has 0 atom stereocenters. The molecule has 0 aliphatic carbocycles. The molecule has 0 fully saturated rings. The molecule has 2 aromatic carbocycles. The maximum Gasteiger partial charge on any atom is 0.247 e. The predicted octanol–water partition coefficient (Wildman–Crippen LogP) is 5.56. The second kappa shape index (κ2) is 9.35. The van der Waals surface area contributed by atoms with E-state index in [2.05, 4.69) is 45.6 Å². The van der Waals surface area contributed by atoms with E-state index in [9.17, 15) is 4.79 Å². The van der Waals surface area contributed by atoms with E-state index in [0.29, 0.717) is 23.0 Å². The summed E-state index contributed by atoms with van der Waals surface area (Å²) in [6.07, 6.45) is 1.76. The van der Waals surface area contributed by atoms with Gasteiger partial charge in [-0.05, 0) is 55.7 Å². The van der Waals surface area contributed by atoms with E-state index in [4.69, 9.17) is 11.6 Å². The average molecular weight is 485 g/mol. The molecule has 176 valence electrons. The van der Waals surface area contributed by atoms with E-state index < -0.39 is 0 Å². The van der Waals surface area contributed by atoms with Crippen LogP contribution in [0.25, 0.3) is 22.2 Å². The van der Waals surface area contributed by atoms with Crippen LogP contribution in [0.5, 0.6) is 0 Å². The maximum absolute atomic E-state index is 12.9. The maximum atomic E-state index is 12.9. The Balaban J connectivity index is 1.36. The van der Waals surface area contributed by atoms with Gasteiger partial charge in [-0.3, -0.25) is 9.48 Å². The van der Waals surface area contributed by atoms with Crippen LogP contribution in [0.2, 0.25) is 5.02 Å². The van der Waals surface area contributed by atoms with Gasteiger partial charge in [0.15, 0.2) is 11.5 Å². The van der Waals surface area contributed by atoms with Crippen LogP contribution in [0.4, 0.5) is 5.82 Å². The molecule has 1 amide bonds. The monoisotopic (exact) mass is 484 g/mol. The van der Waals surface area contributed by atoms with E-state index >= 15 is 0 Å². The number of aryl methyl sites for hydroxylation is 3. The van der Waals surface area contributed by atoms with E-state index in [1.54, 1.807) is 10.9 Å². The zero-order valence-corrected chi connectivity index (χ0v) is 20.5. The Morgan fingerprint density at radius 3 is 2.60 bits per heavy atom. The molecule has 1 N–H and O–H groups in total. The van der Waals surface area contributed by atoms with Crippen molar-refractivity contribution in [3.8, 4) is 11.1 Å². The van der Waals surface area contributed by atoms with Crippen molar-refractivity contribution in [2.24, 2.45) is 0 Å². The highest BCUT2D eigenvalue weighted by Crippen LogP contribution is 2.30. The average Bonchev–Trinajstić information content (AvgIpc) is 3.32. The Labute approximate surface area is 208 Å². The fourth-order valence-corrected chi connectivity index (χ4v) is 4.52. The van der Waals surface area contributed by atoms with Crippen molar-refractivity contribution < 1.29 is 4.79 Å². The van der Waals surface area contributed by atoms with Crippen LogP contribution in [-0.2, 0) is 17.9 Å². The number of rotatable bonds is 6. The van der Waals surface area contributed by atoms with Crippen molar-refractivity contribution in [1.29, 1.82) is 0 Å². The topological polar surface area (TPSA) is 77.6 Å². The van der Waals surface area contributed by atoms with Gasteiger partial charge < -0.3 is 5.32 Å². The molecule has 0 spiro atoms. The summed E-state index contributed by atoms with van der Waals surface area (Å²) in [5.74, 6) is 0.278. The highest BCUT2D eigenvalue weighted by atomic mass is 35.5. The largest absolute Gasteiger partial charge is 0.308 e. The zero-order valence-electron chi connectivity index (χ0n) is 19.8. The highest BCUT2D eigenvalue weighted by Gasteiger charge is 2.17. The van der Waals surface area contributed by atoms with Crippen molar-refractivity contribution in [2.75, 3.05) is 5.32 Å². The van der Waals surface area contributed by atoms with Gasteiger partial charge in [-0.2, -0.15) is 10.2 Å². The number of fused-ring (bicyclic) bond motifs is 1. The van der Waals surface area contributed by atoms with Gasteiger partial charge in [-0.1, -0.05) is 53.6 Å². The highest BCUT2D eigenvalue weighted by molar-refractivity contribution is 6.30. The molecule has 0 saturated heterocycles. The van der Waals surface area contributed by atoms with Crippen LogP contribution in [0.1, 0.15) is 22.5 Å². The van der Waals surface area contributed by atoms with Gasteiger partial charge in [-0.15, -0.1) is 0 Å². The first-order chi connectivity index (χ1) is 16.9. The smallest absolute Gasteiger partial charge is 0.247 e. The summed E-state index contributed by atoms with van der Waals surface area (Å²) in [5.41, 5.74) is 6.82. The Bertz CT molecular complexity index is 1550. The molecule has 3 aromatic heterocycles. The molecule has 7 nitrogen and oxygen atoms in total. The molecule has 3 heterocycles. The Morgan fingerprint density at radius 1 is 0.971 bits per heavy atom. The van der Waals surface area contributed by atoms with Gasteiger partial charge in [0.1, 0.15) is 6.54 Å². The van der Waals surface area contributed by atoms with E-state index in [0.717, 1.165) is 33.5 Å². The lowest BCUT2D eigenvalue weighted by Gasteiger charge is -2.07. The lowest BCUT2D eigenvalue weighted by molar-refractivity contribution is -0.116. The number of amides is 1. The van der Waals surface area contributed by atoms with E-state index in [1.165, 1.54) is 5.56 Å². The quantitative estimate of drug-likeness (QED) is 0.342. The van der Waals surface area contributed by atoms with Gasteiger partial charge in [0, 0.05) is 28.4 Å². The number of nitrogens with one attached hydrogen (secondary N) is 1. The first-order valence-electron chi connectivity index (χ1n) is 11.4. The van der Waals surface area contributed by atoms with Crippen LogP contribution in [0.3, 0.4) is 0 Å². The summed E-state index contributed by atoms with van der Waals surface area (Å²) in [5, 5.41) is 13.7. The van der Waals surface area contributed by atoms with Crippen molar-refractivity contribution in [3.05, 3.63) is 94.4 Å². The second-order valence-corrected chi connectivity index (χ2v) is 9.11. The second-order valence-electron chi connectivity index (χ2n) is 8.68. The van der Waals surface area contributed by atoms with Crippen LogP contribution in [-0.4, -0.2) is 30.5 Å². The number of halogens is 1. The molecular weight excluding hydrogens is 460 g/mol. The molecule has 0 aliphatic rings. The number of aromatic nitrogens is 5. The van der Waals surface area contributed by atoms with E-state index in [1.807, 2.05) is 61.0 Å². The summed E-state index contributed by atoms with van der Waals surface area (Å²) in [7, 11) is 0. The van der Waals surface area contributed by atoms with Crippen molar-refractivity contribution >= 4 is 34.4 Å². The fraction of sp³-hybridized carbons (Fsp3) is 0.185. The predicted molar refractivity (Wildman–Crippen MR) is 139 cm³/mol. The standard InChI is InChI=1S/C27H25ClN6O/c1-17-6-4-8-21(12-17)23-10-11-29-27-26(23)19(3)31-34(27)16-25(35)30-24-13-18(2)33(32-24)15-20-7-5-9-22(28)14-20/h4-14H,15-16H2,1-3H3,(H,30,32,35). The van der Waals surface area contributed by atoms with Gasteiger partial charge in [0.2, 0.25) is 5.91 Å². The van der Waals surface area contributed by atoms with Crippen molar-refractivity contribution in [3.63, 3.8) is 0 Å². The minimum Gasteiger partial charge on any atom is -0.308 e. The molecule has 35 heavy (non-hydrogen) atoms. The lowest BCUT2D eigenvalue weighted by atomic mass is 10.0. The summed E-state index contributed by atoms with van der Waals surface area (Å²) in [6.45, 7) is 6.57. The number of hydrogen-bond acceptors (Lipinski definition) is 4. The SMILES string of the molecule is Cc1cccc(-c2ccnc3c2c(C)nn3CC(=O)Nc2cc(C)n(Cc3cccc(Cl)c3)n2)c1. The number of hydrogen-bond donors (Lipinski definition) is 1. The fourth-order valence-electron chi connectivity index (χ4n) is 4.30. The first kappa shape index (κ1) is 22.8. The molecule has 5 rings (SSSR count). The molecule has 0 aliphatic heterocycles. The molecular formula is C27H25ClN6O. The number of carbonyl (C=O) groups is 1. The van der Waals surface area contributed by atoms with Gasteiger partial charge >= 0.3 is 0 Å². The number of carbonyl (C=O) groups excluding carboxylic acids is 1. The normalized spacial score (nSPS) is 11.2. The third-order valence-electron chi connectivity index (χ3n) is 5.90. The number of anilines is 1. The minimum absolute atomic E-state index is 0.0365. The molecule has 0 unspecified atom stereocenters. The van der Waals surface area contributed by atoms with Crippen LogP contribution < -0.4 is 5.32 Å². The molecule has 0 saturated carbocycles. The Morgan fingerprint density at radius 2 is 1.80 bits per heavy atom. The van der Waals surface area contributed by atoms with Crippen molar-refractivity contribution in [1.82, 2.24) is 24.5 Å². The van der Waals surface area contributed by atoms with Crippen LogP contribution in [0, 0.1) is 20.8 Å². The third-order valence-corrected chi connectivity index (χ3v) is 6.14. The number of nitrogens with zero attached hydrogens (tertiary/aromatic N) is 5. The summed E-state index contributed by atoms with van der Waals surface area (Å²) in [4.78, 5) is 17.4. The molecule has 5 aromatic rings. The first-order valence-corrected chi connectivity index (χ1v) is 11.7. The number of pyridine rings is 1. The molecule has 0 bridgehead atoms.